The van der Waals surface area contributed by atoms with Gasteiger partial charge in [0.05, 0.1) is 13.6 Å². The molecular weight excluding hydrogens is 461 g/mol. The number of halogens is 1. The Balaban J connectivity index is 1.73. The van der Waals surface area contributed by atoms with Crippen molar-refractivity contribution >= 4 is 46.1 Å². The lowest BCUT2D eigenvalue weighted by Crippen LogP contribution is -2.40. The summed E-state index contributed by atoms with van der Waals surface area (Å²) in [7, 11) is 0.717. The molecule has 1 aliphatic rings. The van der Waals surface area contributed by atoms with Crippen LogP contribution in [0.25, 0.3) is 44.1 Å². The Morgan fingerprint density at radius 1 is 0.889 bits per heavy atom. The zero-order valence-corrected chi connectivity index (χ0v) is 23.3. The van der Waals surface area contributed by atoms with Crippen LogP contribution in [0.5, 0.6) is 0 Å². The number of fused-ring (bicyclic) bond motifs is 4. The molecule has 1 aliphatic carbocycles. The summed E-state index contributed by atoms with van der Waals surface area (Å²) in [5.41, 5.74) is 8.98. The first-order chi connectivity index (χ1) is 17.1. The van der Waals surface area contributed by atoms with E-state index in [1.807, 2.05) is 6.07 Å². The van der Waals surface area contributed by atoms with Crippen molar-refractivity contribution in [3.63, 3.8) is 0 Å². The van der Waals surface area contributed by atoms with Crippen LogP contribution in [-0.2, 0) is 7.05 Å². The van der Waals surface area contributed by atoms with Gasteiger partial charge in [0.25, 0.3) is 0 Å². The highest BCUT2D eigenvalue weighted by molar-refractivity contribution is 6.88. The van der Waals surface area contributed by atoms with Crippen molar-refractivity contribution in [1.29, 1.82) is 0 Å². The Bertz CT molecular complexity index is 1670. The average molecular weight is 497 g/mol. The van der Waals surface area contributed by atoms with Crippen molar-refractivity contribution in [1.82, 2.24) is 0 Å². The van der Waals surface area contributed by atoms with Crippen LogP contribution in [0.2, 0.25) is 19.6 Å². The number of hydrogen-bond donors (Lipinski definition) is 0. The Labute approximate surface area is 213 Å². The van der Waals surface area contributed by atoms with Gasteiger partial charge in [-0.2, -0.15) is 4.57 Å². The molecule has 6 rings (SSSR count). The fraction of sp³-hybridized carbons (Fsp3) is 0.344. The number of aryl methyl sites for hydroxylation is 2. The van der Waals surface area contributed by atoms with Crippen molar-refractivity contribution in [3.8, 4) is 11.3 Å². The lowest BCUT2D eigenvalue weighted by atomic mass is 9.90. The van der Waals surface area contributed by atoms with Crippen LogP contribution in [0.15, 0.2) is 52.9 Å². The minimum atomic E-state index is -1.48. The highest BCUT2D eigenvalue weighted by Crippen LogP contribution is 2.42. The predicted molar refractivity (Wildman–Crippen MR) is 151 cm³/mol. The molecule has 2 heterocycles. The maximum Gasteiger partial charge on any atom is 0.217 e. The molecule has 184 valence electrons. The van der Waals surface area contributed by atoms with Gasteiger partial charge in [0.15, 0.2) is 0 Å². The van der Waals surface area contributed by atoms with Gasteiger partial charge in [-0.25, -0.2) is 4.39 Å². The van der Waals surface area contributed by atoms with E-state index in [9.17, 15) is 4.39 Å². The first kappa shape index (κ1) is 23.4. The first-order valence-corrected chi connectivity index (χ1v) is 16.7. The molecule has 0 amide bonds. The van der Waals surface area contributed by atoms with Gasteiger partial charge in [-0.3, -0.25) is 0 Å². The fourth-order valence-corrected chi connectivity index (χ4v) is 7.36. The average Bonchev–Trinajstić information content (AvgIpc) is 3.48. The molecule has 1 fully saturated rings. The van der Waals surface area contributed by atoms with Crippen molar-refractivity contribution < 1.29 is 13.4 Å². The van der Waals surface area contributed by atoms with Crippen LogP contribution >= 0.6 is 0 Å². The minimum Gasteiger partial charge on any atom is -0.455 e. The second-order valence-corrected chi connectivity index (χ2v) is 16.9. The summed E-state index contributed by atoms with van der Waals surface area (Å²) < 4.78 is 22.9. The van der Waals surface area contributed by atoms with E-state index in [-0.39, 0.29) is 5.82 Å². The number of aromatic nitrogens is 1. The second-order valence-electron chi connectivity index (χ2n) is 11.8. The summed E-state index contributed by atoms with van der Waals surface area (Å²) in [6, 6.07) is 16.7. The zero-order valence-electron chi connectivity index (χ0n) is 22.3. The van der Waals surface area contributed by atoms with E-state index in [2.05, 4.69) is 75.4 Å². The van der Waals surface area contributed by atoms with E-state index < -0.39 is 8.07 Å². The van der Waals surface area contributed by atoms with E-state index in [1.54, 1.807) is 0 Å². The molecule has 0 aliphatic heterocycles. The SMILES string of the molecule is Cc1cc2c(oc3cc(F)ccc32)c(-c2cc(C3CCCC3)c3ccc([Si](C)(C)C)cc3[n+]2C)c1C. The quantitative estimate of drug-likeness (QED) is 0.182. The van der Waals surface area contributed by atoms with Gasteiger partial charge >= 0.3 is 0 Å². The summed E-state index contributed by atoms with van der Waals surface area (Å²) in [6.07, 6.45) is 5.12. The van der Waals surface area contributed by atoms with Crippen molar-refractivity contribution in [2.75, 3.05) is 0 Å². The van der Waals surface area contributed by atoms with E-state index in [4.69, 9.17) is 4.42 Å². The molecule has 0 bridgehead atoms. The lowest BCUT2D eigenvalue weighted by Gasteiger charge is -2.19. The van der Waals surface area contributed by atoms with Crippen LogP contribution in [0.3, 0.4) is 0 Å². The van der Waals surface area contributed by atoms with Gasteiger partial charge in [-0.05, 0) is 73.6 Å². The number of hydrogen-bond acceptors (Lipinski definition) is 1. The van der Waals surface area contributed by atoms with E-state index in [0.717, 1.165) is 21.9 Å². The molecule has 0 saturated heterocycles. The Kier molecular flexibility index (Phi) is 5.38. The van der Waals surface area contributed by atoms with Crippen LogP contribution in [0.1, 0.15) is 48.3 Å². The van der Waals surface area contributed by atoms with Gasteiger partial charge in [-0.15, -0.1) is 0 Å². The Morgan fingerprint density at radius 2 is 1.61 bits per heavy atom. The van der Waals surface area contributed by atoms with Crippen LogP contribution < -0.4 is 9.75 Å². The van der Waals surface area contributed by atoms with Crippen molar-refractivity contribution in [2.45, 2.75) is 65.1 Å². The number of pyridine rings is 1. The lowest BCUT2D eigenvalue weighted by molar-refractivity contribution is -0.633. The van der Waals surface area contributed by atoms with Crippen molar-refractivity contribution in [2.24, 2.45) is 7.05 Å². The summed E-state index contributed by atoms with van der Waals surface area (Å²) in [5.74, 6) is 0.325. The molecule has 0 unspecified atom stereocenters. The molecular formula is C32H35FNOSi+. The van der Waals surface area contributed by atoms with Crippen molar-refractivity contribution in [3.05, 3.63) is 71.0 Å². The van der Waals surface area contributed by atoms with Crippen LogP contribution in [-0.4, -0.2) is 8.07 Å². The molecule has 0 radical (unpaired) electrons. The summed E-state index contributed by atoms with van der Waals surface area (Å²) in [5, 5.41) is 4.88. The molecule has 4 heteroatoms. The highest BCUT2D eigenvalue weighted by atomic mass is 28.3. The Morgan fingerprint density at radius 3 is 2.33 bits per heavy atom. The smallest absolute Gasteiger partial charge is 0.217 e. The zero-order chi connectivity index (χ0) is 25.4. The van der Waals surface area contributed by atoms with Crippen LogP contribution in [0, 0.1) is 19.7 Å². The summed E-state index contributed by atoms with van der Waals surface area (Å²) >= 11 is 0. The third kappa shape index (κ3) is 3.61. The third-order valence-electron chi connectivity index (χ3n) is 8.49. The minimum absolute atomic E-state index is 0.268. The standard InChI is InChI=1S/C32H35FNOSi/c1-19-15-27-25-13-11-22(33)16-30(25)35-32(27)31(20(19)2)29-18-26(21-9-7-8-10-21)24-14-12-23(36(4,5)6)17-28(24)34(29)3/h11-18,21H,7-10H2,1-6H3/q+1. The molecule has 3 aromatic carbocycles. The molecule has 0 atom stereocenters. The third-order valence-corrected chi connectivity index (χ3v) is 10.5. The molecule has 36 heavy (non-hydrogen) atoms. The number of nitrogens with zero attached hydrogens (tertiary/aromatic N) is 1. The fourth-order valence-electron chi connectivity index (χ4n) is 6.21. The maximum atomic E-state index is 14.1. The summed E-state index contributed by atoms with van der Waals surface area (Å²) in [6.45, 7) is 11.6. The van der Waals surface area contributed by atoms with Crippen LogP contribution in [0.4, 0.5) is 4.39 Å². The summed E-state index contributed by atoms with van der Waals surface area (Å²) in [4.78, 5) is 0. The largest absolute Gasteiger partial charge is 0.455 e. The van der Waals surface area contributed by atoms with Gasteiger partial charge in [0.1, 0.15) is 24.0 Å². The number of furan rings is 1. The topological polar surface area (TPSA) is 17.0 Å². The van der Waals surface area contributed by atoms with Gasteiger partial charge < -0.3 is 4.42 Å². The second kappa shape index (κ2) is 8.27. The van der Waals surface area contributed by atoms with E-state index in [1.165, 1.54) is 76.3 Å². The monoisotopic (exact) mass is 496 g/mol. The van der Waals surface area contributed by atoms with Gasteiger partial charge in [-0.1, -0.05) is 43.7 Å². The van der Waals surface area contributed by atoms with Gasteiger partial charge in [0.2, 0.25) is 11.2 Å². The van der Waals surface area contributed by atoms with Gasteiger partial charge in [0, 0.05) is 34.4 Å². The van der Waals surface area contributed by atoms with E-state index in [0.29, 0.717) is 11.5 Å². The number of benzene rings is 3. The van der Waals surface area contributed by atoms with E-state index >= 15 is 0 Å². The maximum absolute atomic E-state index is 14.1. The number of rotatable bonds is 3. The molecule has 2 nitrogen and oxygen atoms in total. The molecule has 2 aromatic heterocycles. The molecule has 1 saturated carbocycles. The predicted octanol–water partition coefficient (Wildman–Crippen LogP) is 8.19. The molecule has 0 spiro atoms. The highest BCUT2D eigenvalue weighted by Gasteiger charge is 2.29. The Hall–Kier alpha value is -2.98. The first-order valence-electron chi connectivity index (χ1n) is 13.2. The molecule has 5 aromatic rings. The normalized spacial score (nSPS) is 15.1. The molecule has 0 N–H and O–H groups in total.